The van der Waals surface area contributed by atoms with Crippen LogP contribution in [0.15, 0.2) is 94.3 Å². The highest BCUT2D eigenvalue weighted by Gasteiger charge is 2.37. The van der Waals surface area contributed by atoms with Gasteiger partial charge in [-0.25, -0.2) is 4.79 Å². The summed E-state index contributed by atoms with van der Waals surface area (Å²) in [5, 5.41) is 20.6. The van der Waals surface area contributed by atoms with E-state index in [1.165, 1.54) is 26.2 Å². The molecule has 2 amide bonds. The summed E-state index contributed by atoms with van der Waals surface area (Å²) in [7, 11) is 0. The van der Waals surface area contributed by atoms with Crippen LogP contribution < -0.4 is 15.7 Å². The Balaban J connectivity index is 1.39. The van der Waals surface area contributed by atoms with Gasteiger partial charge >= 0.3 is 11.9 Å². The second-order valence-electron chi connectivity index (χ2n) is 12.1. The van der Waals surface area contributed by atoms with Crippen molar-refractivity contribution in [3.05, 3.63) is 128 Å². The molecule has 0 bridgehead atoms. The molecule has 0 saturated carbocycles. The standard InChI is InChI=1S/C36H32BrF3N6O5/c1-21-18-45-31(19-44(21)34(49)23-9-14-29(37)28(16-23)36(38,39)40)32(46(35(45)50)25-10-12-26(13-11-25)51-20-22(2)47)33(48)41-17-24-6-3-4-7-27(24)30-8-5-15-42-43-30/h3-16,21-22,47H,17-20H2,1-2H3,(H,41,48)/t21-,22-/m1/s1. The number of fused-ring (bicyclic) bond motifs is 1. The van der Waals surface area contributed by atoms with Crippen molar-refractivity contribution in [2.45, 2.75) is 51.8 Å². The summed E-state index contributed by atoms with van der Waals surface area (Å²) in [6.45, 7) is 3.13. The van der Waals surface area contributed by atoms with Crippen LogP contribution in [0.25, 0.3) is 16.9 Å². The molecule has 2 aromatic heterocycles. The maximum atomic E-state index is 14.2. The monoisotopic (exact) mass is 764 g/mol. The molecule has 0 saturated heterocycles. The maximum Gasteiger partial charge on any atom is 0.417 e. The molecular weight excluding hydrogens is 733 g/mol. The molecular formula is C36H32BrF3N6O5. The number of aromatic nitrogens is 4. The number of nitrogens with zero attached hydrogens (tertiary/aromatic N) is 5. The van der Waals surface area contributed by atoms with E-state index in [1.54, 1.807) is 56.4 Å². The summed E-state index contributed by atoms with van der Waals surface area (Å²) in [4.78, 5) is 43.4. The first-order valence-electron chi connectivity index (χ1n) is 15.9. The van der Waals surface area contributed by atoms with Gasteiger partial charge in [-0.15, -0.1) is 0 Å². The maximum absolute atomic E-state index is 14.2. The number of ether oxygens (including phenoxy) is 1. The van der Waals surface area contributed by atoms with Gasteiger partial charge in [0.2, 0.25) is 0 Å². The van der Waals surface area contributed by atoms with Gasteiger partial charge in [-0.1, -0.05) is 40.2 Å². The van der Waals surface area contributed by atoms with E-state index in [0.717, 1.165) is 17.2 Å². The first-order chi connectivity index (χ1) is 24.3. The van der Waals surface area contributed by atoms with Gasteiger partial charge in [-0.3, -0.25) is 18.7 Å². The number of hydrogen-bond donors (Lipinski definition) is 2. The highest BCUT2D eigenvalue weighted by atomic mass is 79.9. The van der Waals surface area contributed by atoms with Crippen LogP contribution in [0.1, 0.15) is 51.5 Å². The molecule has 15 heteroatoms. The molecule has 2 atom stereocenters. The lowest BCUT2D eigenvalue weighted by atomic mass is 10.0. The average molecular weight is 766 g/mol. The molecule has 5 aromatic rings. The molecule has 3 heterocycles. The van der Waals surface area contributed by atoms with Gasteiger partial charge < -0.3 is 20.1 Å². The molecule has 1 aliphatic heterocycles. The highest BCUT2D eigenvalue weighted by Crippen LogP contribution is 2.36. The van der Waals surface area contributed by atoms with Gasteiger partial charge in [0.05, 0.1) is 35.3 Å². The average Bonchev–Trinajstić information content (AvgIpc) is 3.40. The molecule has 11 nitrogen and oxygen atoms in total. The third-order valence-electron chi connectivity index (χ3n) is 8.43. The summed E-state index contributed by atoms with van der Waals surface area (Å²) in [5.74, 6) is -0.869. The number of carbonyl (C=O) groups excluding carboxylic acids is 2. The van der Waals surface area contributed by atoms with Crippen LogP contribution in [0, 0.1) is 0 Å². The van der Waals surface area contributed by atoms with E-state index in [4.69, 9.17) is 4.74 Å². The van der Waals surface area contributed by atoms with Crippen molar-refractivity contribution >= 4 is 27.7 Å². The van der Waals surface area contributed by atoms with Gasteiger partial charge in [-0.05, 0) is 74.0 Å². The van der Waals surface area contributed by atoms with E-state index in [1.807, 2.05) is 24.3 Å². The minimum Gasteiger partial charge on any atom is -0.491 e. The zero-order valence-corrected chi connectivity index (χ0v) is 29.0. The molecule has 0 aliphatic carbocycles. The lowest BCUT2D eigenvalue weighted by Crippen LogP contribution is -2.47. The summed E-state index contributed by atoms with van der Waals surface area (Å²) >= 11 is 2.92. The van der Waals surface area contributed by atoms with Gasteiger partial charge in [0.15, 0.2) is 0 Å². The number of nitrogens with one attached hydrogen (secondary N) is 1. The van der Waals surface area contributed by atoms with E-state index < -0.39 is 41.4 Å². The Bertz CT molecular complexity index is 2130. The lowest BCUT2D eigenvalue weighted by molar-refractivity contribution is -0.138. The van der Waals surface area contributed by atoms with E-state index in [0.29, 0.717) is 17.1 Å². The van der Waals surface area contributed by atoms with Crippen LogP contribution in [0.4, 0.5) is 13.2 Å². The largest absolute Gasteiger partial charge is 0.491 e. The van der Waals surface area contributed by atoms with Crippen molar-refractivity contribution in [1.29, 1.82) is 0 Å². The predicted molar refractivity (Wildman–Crippen MR) is 184 cm³/mol. The van der Waals surface area contributed by atoms with Crippen molar-refractivity contribution in [2.75, 3.05) is 6.61 Å². The fourth-order valence-electron chi connectivity index (χ4n) is 5.94. The number of rotatable bonds is 9. The molecule has 0 unspecified atom stereocenters. The fraction of sp³-hybridized carbons (Fsp3) is 0.250. The fourth-order valence-corrected chi connectivity index (χ4v) is 6.41. The van der Waals surface area contributed by atoms with Crippen LogP contribution in [0.2, 0.25) is 0 Å². The zero-order valence-electron chi connectivity index (χ0n) is 27.4. The van der Waals surface area contributed by atoms with E-state index in [2.05, 4.69) is 31.4 Å². The Labute approximate surface area is 298 Å². The van der Waals surface area contributed by atoms with Crippen molar-refractivity contribution < 1.29 is 32.6 Å². The van der Waals surface area contributed by atoms with Crippen LogP contribution in [0.5, 0.6) is 5.75 Å². The number of halogens is 4. The van der Waals surface area contributed by atoms with Crippen LogP contribution >= 0.6 is 15.9 Å². The molecule has 0 fully saturated rings. The molecule has 51 heavy (non-hydrogen) atoms. The molecule has 0 radical (unpaired) electrons. The normalized spacial score (nSPS) is 14.9. The number of aliphatic hydroxyl groups is 1. The second kappa shape index (κ2) is 14.5. The van der Waals surface area contributed by atoms with E-state index >= 15 is 0 Å². The SMILES string of the molecule is C[C@@H]1Cn2c(c(C(=O)NCc3ccccc3-c3cccnn3)n(-c3ccc(OC[C@@H](C)O)cc3)c2=O)CN1C(=O)c1ccc(Br)c(C(F)(F)F)c1. The number of carbonyl (C=O) groups is 2. The predicted octanol–water partition coefficient (Wildman–Crippen LogP) is 5.61. The van der Waals surface area contributed by atoms with Crippen molar-refractivity contribution in [2.24, 2.45) is 0 Å². The molecule has 3 aromatic carbocycles. The topological polar surface area (TPSA) is 132 Å². The first kappa shape index (κ1) is 35.5. The second-order valence-corrected chi connectivity index (χ2v) is 13.0. The third kappa shape index (κ3) is 7.44. The Morgan fingerprint density at radius 2 is 1.82 bits per heavy atom. The number of imidazole rings is 1. The van der Waals surface area contributed by atoms with Crippen LogP contribution in [-0.4, -0.2) is 59.9 Å². The minimum atomic E-state index is -4.70. The third-order valence-corrected chi connectivity index (χ3v) is 9.12. The number of alkyl halides is 3. The van der Waals surface area contributed by atoms with Crippen LogP contribution in [-0.2, 0) is 25.8 Å². The smallest absolute Gasteiger partial charge is 0.417 e. The first-order valence-corrected chi connectivity index (χ1v) is 16.7. The molecule has 1 aliphatic rings. The Morgan fingerprint density at radius 1 is 1.08 bits per heavy atom. The van der Waals surface area contributed by atoms with Gasteiger partial charge in [0.25, 0.3) is 11.8 Å². The number of amides is 2. The summed E-state index contributed by atoms with van der Waals surface area (Å²) in [6.07, 6.45) is -3.85. The van der Waals surface area contributed by atoms with Crippen molar-refractivity contribution in [3.8, 4) is 22.7 Å². The van der Waals surface area contributed by atoms with E-state index in [9.17, 15) is 32.7 Å². The summed E-state index contributed by atoms with van der Waals surface area (Å²) < 4.78 is 49.2. The summed E-state index contributed by atoms with van der Waals surface area (Å²) in [6, 6.07) is 19.9. The minimum absolute atomic E-state index is 0.0130. The van der Waals surface area contributed by atoms with Crippen molar-refractivity contribution in [1.82, 2.24) is 29.5 Å². The van der Waals surface area contributed by atoms with Gasteiger partial charge in [0.1, 0.15) is 18.1 Å². The zero-order chi connectivity index (χ0) is 36.4. The molecule has 2 N–H and O–H groups in total. The number of benzene rings is 3. The van der Waals surface area contributed by atoms with Crippen LogP contribution in [0.3, 0.4) is 0 Å². The van der Waals surface area contributed by atoms with Gasteiger partial charge in [0, 0.05) is 40.9 Å². The quantitative estimate of drug-likeness (QED) is 0.200. The lowest BCUT2D eigenvalue weighted by Gasteiger charge is -2.34. The molecule has 0 spiro atoms. The van der Waals surface area contributed by atoms with Gasteiger partial charge in [-0.2, -0.15) is 23.4 Å². The van der Waals surface area contributed by atoms with E-state index in [-0.39, 0.29) is 47.7 Å². The summed E-state index contributed by atoms with van der Waals surface area (Å²) in [5.41, 5.74) is 0.876. The number of aliphatic hydroxyl groups excluding tert-OH is 1. The Morgan fingerprint density at radius 3 is 2.51 bits per heavy atom. The highest BCUT2D eigenvalue weighted by molar-refractivity contribution is 9.10. The molecule has 264 valence electrons. The Hall–Kier alpha value is -5.28. The van der Waals surface area contributed by atoms with Crippen molar-refractivity contribution in [3.63, 3.8) is 0 Å². The molecule has 6 rings (SSSR count). The Kier molecular flexibility index (Phi) is 10.1. The number of hydrogen-bond acceptors (Lipinski definition) is 7.